The van der Waals surface area contributed by atoms with E-state index in [0.29, 0.717) is 5.69 Å². The van der Waals surface area contributed by atoms with Crippen LogP contribution in [0, 0.1) is 5.82 Å². The molecule has 0 aliphatic rings. The molecule has 7 nitrogen and oxygen atoms in total. The van der Waals surface area contributed by atoms with Crippen molar-refractivity contribution in [2.75, 3.05) is 4.72 Å². The summed E-state index contributed by atoms with van der Waals surface area (Å²) in [7, 11) is -4.28. The molecule has 1 heterocycles. The number of nitrogens with zero attached hydrogens (tertiary/aromatic N) is 2. The molecular formula is C16H12FN3O4S. The number of hydrogen-bond donors (Lipinski definition) is 2. The van der Waals surface area contributed by atoms with Crippen molar-refractivity contribution in [1.29, 1.82) is 0 Å². The van der Waals surface area contributed by atoms with Gasteiger partial charge in [-0.2, -0.15) is 5.10 Å². The van der Waals surface area contributed by atoms with Gasteiger partial charge in [-0.1, -0.05) is 0 Å². The molecule has 0 amide bonds. The molecule has 0 saturated carbocycles. The average molecular weight is 361 g/mol. The fourth-order valence-corrected chi connectivity index (χ4v) is 3.32. The van der Waals surface area contributed by atoms with E-state index in [1.54, 1.807) is 35.3 Å². The van der Waals surface area contributed by atoms with Gasteiger partial charge in [0.2, 0.25) is 0 Å². The highest BCUT2D eigenvalue weighted by atomic mass is 32.2. The van der Waals surface area contributed by atoms with E-state index in [9.17, 15) is 17.6 Å². The van der Waals surface area contributed by atoms with E-state index in [4.69, 9.17) is 5.11 Å². The van der Waals surface area contributed by atoms with Gasteiger partial charge >= 0.3 is 5.97 Å². The van der Waals surface area contributed by atoms with Crippen LogP contribution >= 0.6 is 0 Å². The Morgan fingerprint density at radius 2 is 1.88 bits per heavy atom. The van der Waals surface area contributed by atoms with Gasteiger partial charge in [0.25, 0.3) is 10.0 Å². The Morgan fingerprint density at radius 1 is 1.16 bits per heavy atom. The number of carboxylic acid groups (broad SMARTS) is 1. The fraction of sp³-hybridized carbons (Fsp3) is 0. The van der Waals surface area contributed by atoms with Crippen LogP contribution in [0.4, 0.5) is 10.1 Å². The number of rotatable bonds is 5. The van der Waals surface area contributed by atoms with Crippen molar-refractivity contribution in [2.24, 2.45) is 0 Å². The van der Waals surface area contributed by atoms with Crippen LogP contribution in [0.5, 0.6) is 0 Å². The lowest BCUT2D eigenvalue weighted by atomic mass is 10.2. The molecule has 0 spiro atoms. The molecule has 0 saturated heterocycles. The summed E-state index contributed by atoms with van der Waals surface area (Å²) in [5.41, 5.74) is 0.596. The predicted molar refractivity (Wildman–Crippen MR) is 87.7 cm³/mol. The van der Waals surface area contributed by atoms with Crippen LogP contribution in [0.1, 0.15) is 10.4 Å². The maximum atomic E-state index is 13.9. The van der Waals surface area contributed by atoms with Crippen LogP contribution in [0.15, 0.2) is 65.8 Å². The van der Waals surface area contributed by atoms with Crippen LogP contribution in [-0.2, 0) is 10.0 Å². The lowest BCUT2D eigenvalue weighted by Crippen LogP contribution is -2.15. The first kappa shape index (κ1) is 16.7. The average Bonchev–Trinajstić information content (AvgIpc) is 3.09. The molecule has 0 radical (unpaired) electrons. The number of aromatic carboxylic acids is 1. The lowest BCUT2D eigenvalue weighted by Gasteiger charge is -2.10. The van der Waals surface area contributed by atoms with Crippen LogP contribution < -0.4 is 4.72 Å². The van der Waals surface area contributed by atoms with Gasteiger partial charge in [-0.3, -0.25) is 4.72 Å². The zero-order valence-electron chi connectivity index (χ0n) is 12.6. The first-order valence-electron chi connectivity index (χ1n) is 7.02. The minimum Gasteiger partial charge on any atom is -0.478 e. The summed E-state index contributed by atoms with van der Waals surface area (Å²) >= 11 is 0. The van der Waals surface area contributed by atoms with Crippen molar-refractivity contribution >= 4 is 21.7 Å². The van der Waals surface area contributed by atoms with E-state index in [0.717, 1.165) is 18.2 Å². The van der Waals surface area contributed by atoms with Crippen molar-refractivity contribution < 1.29 is 22.7 Å². The van der Waals surface area contributed by atoms with Gasteiger partial charge in [-0.25, -0.2) is 22.3 Å². The summed E-state index contributed by atoms with van der Waals surface area (Å²) in [5.74, 6) is -2.38. The summed E-state index contributed by atoms with van der Waals surface area (Å²) in [4.78, 5) is 10.2. The summed E-state index contributed by atoms with van der Waals surface area (Å²) in [6, 6.07) is 10.6. The number of carbonyl (C=O) groups is 1. The number of aromatic nitrogens is 2. The van der Waals surface area contributed by atoms with Crippen molar-refractivity contribution in [1.82, 2.24) is 9.78 Å². The molecular weight excluding hydrogens is 349 g/mol. The molecule has 0 fully saturated rings. The highest BCUT2D eigenvalue weighted by molar-refractivity contribution is 7.92. The Kier molecular flexibility index (Phi) is 4.24. The normalized spacial score (nSPS) is 11.2. The molecule has 0 aliphatic heterocycles. The monoisotopic (exact) mass is 361 g/mol. The van der Waals surface area contributed by atoms with Gasteiger partial charge < -0.3 is 5.11 Å². The molecule has 9 heteroatoms. The summed E-state index contributed by atoms with van der Waals surface area (Å²) < 4.78 is 42.4. The second kappa shape index (κ2) is 6.36. The SMILES string of the molecule is O=C(O)c1ccc(F)c(S(=O)(=O)Nc2ccc(-n3cccn3)cc2)c1. The Balaban J connectivity index is 1.89. The second-order valence-corrected chi connectivity index (χ2v) is 6.70. The minimum absolute atomic E-state index is 0.205. The smallest absolute Gasteiger partial charge is 0.335 e. The van der Waals surface area contributed by atoms with Gasteiger partial charge in [-0.05, 0) is 48.5 Å². The molecule has 3 aromatic rings. The first-order chi connectivity index (χ1) is 11.9. The van der Waals surface area contributed by atoms with Crippen molar-refractivity contribution in [3.8, 4) is 5.69 Å². The third-order valence-electron chi connectivity index (χ3n) is 3.36. The van der Waals surface area contributed by atoms with E-state index in [1.165, 1.54) is 12.1 Å². The largest absolute Gasteiger partial charge is 0.478 e. The number of nitrogens with one attached hydrogen (secondary N) is 1. The topological polar surface area (TPSA) is 101 Å². The quantitative estimate of drug-likeness (QED) is 0.727. The molecule has 3 rings (SSSR count). The predicted octanol–water partition coefficient (Wildman–Crippen LogP) is 2.51. The van der Waals surface area contributed by atoms with Crippen molar-refractivity contribution in [3.63, 3.8) is 0 Å². The molecule has 0 atom stereocenters. The number of carboxylic acids is 1. The van der Waals surface area contributed by atoms with Gasteiger partial charge in [0.1, 0.15) is 10.7 Å². The first-order valence-corrected chi connectivity index (χ1v) is 8.51. The zero-order chi connectivity index (χ0) is 18.0. The molecule has 0 aliphatic carbocycles. The fourth-order valence-electron chi connectivity index (χ4n) is 2.16. The van der Waals surface area contributed by atoms with E-state index in [-0.39, 0.29) is 11.3 Å². The Hall–Kier alpha value is -3.20. The van der Waals surface area contributed by atoms with E-state index in [2.05, 4.69) is 9.82 Å². The Labute approximate surface area is 142 Å². The van der Waals surface area contributed by atoms with Crippen LogP contribution in [0.25, 0.3) is 5.69 Å². The van der Waals surface area contributed by atoms with Gasteiger partial charge in [0.15, 0.2) is 0 Å². The molecule has 0 unspecified atom stereocenters. The van der Waals surface area contributed by atoms with E-state index >= 15 is 0 Å². The van der Waals surface area contributed by atoms with Crippen LogP contribution in [0.3, 0.4) is 0 Å². The number of halogens is 1. The van der Waals surface area contributed by atoms with Gasteiger partial charge in [-0.15, -0.1) is 0 Å². The van der Waals surface area contributed by atoms with Gasteiger partial charge in [0, 0.05) is 18.1 Å². The molecule has 1 aromatic heterocycles. The standard InChI is InChI=1S/C16H12FN3O4S/c17-14-7-2-11(16(21)22)10-15(14)25(23,24)19-12-3-5-13(6-4-12)20-9-1-8-18-20/h1-10,19H,(H,21,22). The molecule has 2 aromatic carbocycles. The van der Waals surface area contributed by atoms with E-state index < -0.39 is 26.7 Å². The second-order valence-electron chi connectivity index (χ2n) is 5.05. The Bertz CT molecular complexity index is 1020. The number of benzene rings is 2. The lowest BCUT2D eigenvalue weighted by molar-refractivity contribution is 0.0696. The summed E-state index contributed by atoms with van der Waals surface area (Å²) in [6.45, 7) is 0. The van der Waals surface area contributed by atoms with Crippen molar-refractivity contribution in [2.45, 2.75) is 4.90 Å². The third-order valence-corrected chi connectivity index (χ3v) is 4.75. The molecule has 2 N–H and O–H groups in total. The molecule has 0 bridgehead atoms. The van der Waals surface area contributed by atoms with Crippen LogP contribution in [-0.4, -0.2) is 29.3 Å². The maximum absolute atomic E-state index is 13.9. The molecule has 25 heavy (non-hydrogen) atoms. The highest BCUT2D eigenvalue weighted by Crippen LogP contribution is 2.21. The number of hydrogen-bond acceptors (Lipinski definition) is 4. The van der Waals surface area contributed by atoms with Crippen molar-refractivity contribution in [3.05, 3.63) is 72.3 Å². The minimum atomic E-state index is -4.28. The van der Waals surface area contributed by atoms with E-state index in [1.807, 2.05) is 0 Å². The number of anilines is 1. The third kappa shape index (κ3) is 3.50. The van der Waals surface area contributed by atoms with Crippen LogP contribution in [0.2, 0.25) is 0 Å². The summed E-state index contributed by atoms with van der Waals surface area (Å²) in [5, 5.41) is 13.0. The van der Waals surface area contributed by atoms with Gasteiger partial charge in [0.05, 0.1) is 11.3 Å². The Morgan fingerprint density at radius 3 is 2.48 bits per heavy atom. The summed E-state index contributed by atoms with van der Waals surface area (Å²) in [6.07, 6.45) is 3.33. The zero-order valence-corrected chi connectivity index (χ0v) is 13.4. The molecule has 128 valence electrons. The maximum Gasteiger partial charge on any atom is 0.335 e. The highest BCUT2D eigenvalue weighted by Gasteiger charge is 2.21. The number of sulfonamides is 1.